The minimum atomic E-state index is -0.600. The highest BCUT2D eigenvalue weighted by molar-refractivity contribution is 8.18. The number of esters is 1. The van der Waals surface area contributed by atoms with Crippen LogP contribution in [0.5, 0.6) is 5.75 Å². The van der Waals surface area contributed by atoms with Crippen molar-refractivity contribution < 1.29 is 23.9 Å². The van der Waals surface area contributed by atoms with Crippen LogP contribution < -0.4 is 4.74 Å². The molecule has 0 aliphatic carbocycles. The summed E-state index contributed by atoms with van der Waals surface area (Å²) >= 11 is 0.811. The molecule has 0 unspecified atom stereocenters. The molecule has 1 heterocycles. The Labute approximate surface area is 138 Å². The predicted molar refractivity (Wildman–Crippen MR) is 86.9 cm³/mol. The second kappa shape index (κ2) is 7.82. The van der Waals surface area contributed by atoms with Crippen molar-refractivity contribution in [3.8, 4) is 5.75 Å². The summed E-state index contributed by atoms with van der Waals surface area (Å²) in [4.78, 5) is 36.7. The van der Waals surface area contributed by atoms with Gasteiger partial charge < -0.3 is 9.47 Å². The van der Waals surface area contributed by atoms with Crippen LogP contribution in [0, 0.1) is 0 Å². The van der Waals surface area contributed by atoms with E-state index in [1.54, 1.807) is 37.3 Å². The third kappa shape index (κ3) is 4.35. The Bertz CT molecular complexity index is 638. The number of ether oxygens (including phenoxy) is 2. The number of benzene rings is 1. The lowest BCUT2D eigenvalue weighted by Crippen LogP contribution is -2.34. The van der Waals surface area contributed by atoms with Gasteiger partial charge in [-0.3, -0.25) is 19.3 Å². The van der Waals surface area contributed by atoms with E-state index in [4.69, 9.17) is 9.47 Å². The van der Waals surface area contributed by atoms with Gasteiger partial charge in [-0.25, -0.2) is 0 Å². The van der Waals surface area contributed by atoms with Crippen molar-refractivity contribution >= 4 is 35.0 Å². The zero-order valence-electron chi connectivity index (χ0n) is 12.9. The summed E-state index contributed by atoms with van der Waals surface area (Å²) in [5.41, 5.74) is 0.773. The topological polar surface area (TPSA) is 72.9 Å². The van der Waals surface area contributed by atoms with Gasteiger partial charge in [0.15, 0.2) is 0 Å². The lowest BCUT2D eigenvalue weighted by Gasteiger charge is -2.10. The van der Waals surface area contributed by atoms with Crippen LogP contribution in [0.2, 0.25) is 0 Å². The average molecular weight is 335 g/mol. The first-order valence-corrected chi connectivity index (χ1v) is 8.00. The van der Waals surface area contributed by atoms with E-state index in [0.717, 1.165) is 28.0 Å². The molecule has 0 aromatic heterocycles. The number of hydrogen-bond donors (Lipinski definition) is 0. The van der Waals surface area contributed by atoms with E-state index in [0.29, 0.717) is 6.61 Å². The standard InChI is InChI=1S/C16H17NO5S/c1-3-21-12-7-5-11(6-8-12)9-13-15(19)17(16(20)23-13)10-14(18)22-4-2/h5-9H,3-4,10H2,1-2H3/b13-9-. The van der Waals surface area contributed by atoms with E-state index in [-0.39, 0.29) is 18.1 Å². The molecule has 0 atom stereocenters. The average Bonchev–Trinajstić information content (AvgIpc) is 2.77. The van der Waals surface area contributed by atoms with Crippen LogP contribution in [0.1, 0.15) is 19.4 Å². The molecule has 1 saturated heterocycles. The molecule has 1 aromatic rings. The molecule has 6 nitrogen and oxygen atoms in total. The number of thioether (sulfide) groups is 1. The quantitative estimate of drug-likeness (QED) is 0.588. The molecule has 122 valence electrons. The summed E-state index contributed by atoms with van der Waals surface area (Å²) in [7, 11) is 0. The molecule has 1 fully saturated rings. The van der Waals surface area contributed by atoms with Crippen LogP contribution in [-0.2, 0) is 14.3 Å². The molecule has 0 bridgehead atoms. The number of rotatable bonds is 6. The highest BCUT2D eigenvalue weighted by Crippen LogP contribution is 2.32. The molecule has 2 amide bonds. The molecule has 7 heteroatoms. The van der Waals surface area contributed by atoms with E-state index >= 15 is 0 Å². The Morgan fingerprint density at radius 2 is 1.87 bits per heavy atom. The highest BCUT2D eigenvalue weighted by atomic mass is 32.2. The van der Waals surface area contributed by atoms with Crippen LogP contribution in [-0.4, -0.2) is 41.8 Å². The molecule has 2 rings (SSSR count). The third-order valence-electron chi connectivity index (χ3n) is 2.95. The first-order chi connectivity index (χ1) is 11.0. The van der Waals surface area contributed by atoms with Gasteiger partial charge in [0.25, 0.3) is 11.1 Å². The second-order valence-electron chi connectivity index (χ2n) is 4.57. The molecule has 0 radical (unpaired) electrons. The Morgan fingerprint density at radius 3 is 2.48 bits per heavy atom. The van der Waals surface area contributed by atoms with Gasteiger partial charge >= 0.3 is 5.97 Å². The molecule has 0 N–H and O–H groups in total. The van der Waals surface area contributed by atoms with Crippen LogP contribution in [0.25, 0.3) is 6.08 Å². The maximum absolute atomic E-state index is 12.2. The molecular weight excluding hydrogens is 318 g/mol. The number of amides is 2. The monoisotopic (exact) mass is 335 g/mol. The molecule has 0 saturated carbocycles. The Morgan fingerprint density at radius 1 is 1.17 bits per heavy atom. The maximum Gasteiger partial charge on any atom is 0.326 e. The minimum Gasteiger partial charge on any atom is -0.494 e. The van der Waals surface area contributed by atoms with Gasteiger partial charge in [-0.15, -0.1) is 0 Å². The minimum absolute atomic E-state index is 0.205. The van der Waals surface area contributed by atoms with Crippen molar-refractivity contribution in [2.75, 3.05) is 19.8 Å². The molecule has 23 heavy (non-hydrogen) atoms. The van der Waals surface area contributed by atoms with Crippen molar-refractivity contribution in [3.63, 3.8) is 0 Å². The van der Waals surface area contributed by atoms with Crippen LogP contribution in [0.3, 0.4) is 0 Å². The number of imide groups is 1. The van der Waals surface area contributed by atoms with Crippen LogP contribution in [0.15, 0.2) is 29.2 Å². The SMILES string of the molecule is CCOC(=O)CN1C(=O)S/C(=C\c2ccc(OCC)cc2)C1=O. The van der Waals surface area contributed by atoms with E-state index in [2.05, 4.69) is 0 Å². The maximum atomic E-state index is 12.2. The smallest absolute Gasteiger partial charge is 0.326 e. The Balaban J connectivity index is 2.10. The highest BCUT2D eigenvalue weighted by Gasteiger charge is 2.36. The van der Waals surface area contributed by atoms with Gasteiger partial charge in [0.1, 0.15) is 12.3 Å². The van der Waals surface area contributed by atoms with Gasteiger partial charge in [0.05, 0.1) is 18.1 Å². The normalized spacial score (nSPS) is 16.1. The van der Waals surface area contributed by atoms with Crippen molar-refractivity contribution in [1.82, 2.24) is 4.90 Å². The zero-order chi connectivity index (χ0) is 16.8. The Kier molecular flexibility index (Phi) is 5.81. The number of hydrogen-bond acceptors (Lipinski definition) is 6. The lowest BCUT2D eigenvalue weighted by molar-refractivity contribution is -0.145. The van der Waals surface area contributed by atoms with E-state index in [9.17, 15) is 14.4 Å². The number of carbonyl (C=O) groups is 3. The van der Waals surface area contributed by atoms with Crippen LogP contribution in [0.4, 0.5) is 4.79 Å². The lowest BCUT2D eigenvalue weighted by atomic mass is 10.2. The zero-order valence-corrected chi connectivity index (χ0v) is 13.7. The van der Waals surface area contributed by atoms with Crippen LogP contribution >= 0.6 is 11.8 Å². The Hall–Kier alpha value is -2.28. The van der Waals surface area contributed by atoms with Gasteiger partial charge in [-0.05, 0) is 49.4 Å². The fraction of sp³-hybridized carbons (Fsp3) is 0.312. The summed E-state index contributed by atoms with van der Waals surface area (Å²) in [5.74, 6) is -0.348. The van der Waals surface area contributed by atoms with E-state index in [1.165, 1.54) is 0 Å². The van der Waals surface area contributed by atoms with Gasteiger partial charge in [0, 0.05) is 0 Å². The van der Waals surface area contributed by atoms with Gasteiger partial charge in [-0.1, -0.05) is 12.1 Å². The van der Waals surface area contributed by atoms with E-state index in [1.807, 2.05) is 6.92 Å². The predicted octanol–water partition coefficient (Wildman–Crippen LogP) is 2.68. The summed E-state index contributed by atoms with van der Waals surface area (Å²) in [6.07, 6.45) is 1.62. The summed E-state index contributed by atoms with van der Waals surface area (Å²) in [6.45, 7) is 3.98. The van der Waals surface area contributed by atoms with Gasteiger partial charge in [-0.2, -0.15) is 0 Å². The molecular formula is C16H17NO5S. The largest absolute Gasteiger partial charge is 0.494 e. The number of nitrogens with zero attached hydrogens (tertiary/aromatic N) is 1. The fourth-order valence-corrected chi connectivity index (χ4v) is 2.79. The summed E-state index contributed by atoms with van der Waals surface area (Å²) < 4.78 is 10.1. The fourth-order valence-electron chi connectivity index (χ4n) is 1.95. The van der Waals surface area contributed by atoms with Crippen molar-refractivity contribution in [1.29, 1.82) is 0 Å². The van der Waals surface area contributed by atoms with Crippen molar-refractivity contribution in [3.05, 3.63) is 34.7 Å². The summed E-state index contributed by atoms with van der Waals surface area (Å²) in [6, 6.07) is 7.17. The van der Waals surface area contributed by atoms with Gasteiger partial charge in [0.2, 0.25) is 0 Å². The van der Waals surface area contributed by atoms with Crippen molar-refractivity contribution in [2.45, 2.75) is 13.8 Å². The van der Waals surface area contributed by atoms with Crippen molar-refractivity contribution in [2.24, 2.45) is 0 Å². The first kappa shape index (κ1) is 17.1. The first-order valence-electron chi connectivity index (χ1n) is 7.19. The number of carbonyl (C=O) groups excluding carboxylic acids is 3. The molecule has 1 aliphatic rings. The molecule has 1 aliphatic heterocycles. The molecule has 0 spiro atoms. The van der Waals surface area contributed by atoms with E-state index < -0.39 is 17.1 Å². The third-order valence-corrected chi connectivity index (χ3v) is 3.86. The summed E-state index contributed by atoms with van der Waals surface area (Å²) in [5, 5.41) is -0.472. The second-order valence-corrected chi connectivity index (χ2v) is 5.57. The molecule has 1 aromatic carbocycles.